The molecule has 0 radical (unpaired) electrons. The molecule has 2 rings (SSSR count). The maximum absolute atomic E-state index is 6.02. The SMILES string of the molecule is Cc1cc(Cc2ccc(Cl)c(Cl)c2)c(C)cc1N. The lowest BCUT2D eigenvalue weighted by atomic mass is 9.97. The van der Waals surface area contributed by atoms with Crippen molar-refractivity contribution in [1.82, 2.24) is 0 Å². The number of benzene rings is 2. The quantitative estimate of drug-likeness (QED) is 0.787. The molecule has 2 N–H and O–H groups in total. The van der Waals surface area contributed by atoms with Crippen molar-refractivity contribution in [2.45, 2.75) is 20.3 Å². The number of aryl methyl sites for hydroxylation is 2. The van der Waals surface area contributed by atoms with E-state index in [0.717, 1.165) is 23.2 Å². The standard InChI is InChI=1S/C15H15Cl2N/c1-9-6-15(18)10(2)5-12(9)7-11-3-4-13(16)14(17)8-11/h3-6,8H,7,18H2,1-2H3. The van der Waals surface area contributed by atoms with E-state index in [-0.39, 0.29) is 0 Å². The van der Waals surface area contributed by atoms with Crippen LogP contribution in [0.2, 0.25) is 10.0 Å². The number of anilines is 1. The normalized spacial score (nSPS) is 10.7. The van der Waals surface area contributed by atoms with Gasteiger partial charge in [0.2, 0.25) is 0 Å². The molecule has 2 aromatic carbocycles. The highest BCUT2D eigenvalue weighted by Crippen LogP contribution is 2.25. The molecule has 0 heterocycles. The summed E-state index contributed by atoms with van der Waals surface area (Å²) in [5.41, 5.74) is 11.4. The average molecular weight is 280 g/mol. The van der Waals surface area contributed by atoms with Gasteiger partial charge in [0.15, 0.2) is 0 Å². The van der Waals surface area contributed by atoms with Gasteiger partial charge in [-0.3, -0.25) is 0 Å². The Kier molecular flexibility index (Phi) is 3.84. The predicted molar refractivity (Wildman–Crippen MR) is 79.6 cm³/mol. The van der Waals surface area contributed by atoms with Gasteiger partial charge in [0.1, 0.15) is 0 Å². The Morgan fingerprint density at radius 2 is 1.67 bits per heavy atom. The minimum atomic E-state index is 0.589. The van der Waals surface area contributed by atoms with Crippen molar-refractivity contribution in [2.75, 3.05) is 5.73 Å². The fourth-order valence-electron chi connectivity index (χ4n) is 1.96. The van der Waals surface area contributed by atoms with E-state index in [4.69, 9.17) is 28.9 Å². The molecule has 0 aromatic heterocycles. The number of nitrogen functional groups attached to an aromatic ring is 1. The molecule has 0 saturated carbocycles. The lowest BCUT2D eigenvalue weighted by molar-refractivity contribution is 1.15. The van der Waals surface area contributed by atoms with E-state index in [1.165, 1.54) is 11.1 Å². The van der Waals surface area contributed by atoms with E-state index in [9.17, 15) is 0 Å². The van der Waals surface area contributed by atoms with Gasteiger partial charge in [0.25, 0.3) is 0 Å². The minimum absolute atomic E-state index is 0.589. The predicted octanol–water partition coefficient (Wildman–Crippen LogP) is 4.78. The lowest BCUT2D eigenvalue weighted by Crippen LogP contribution is -1.97. The molecule has 18 heavy (non-hydrogen) atoms. The summed E-state index contributed by atoms with van der Waals surface area (Å²) in [5, 5.41) is 1.18. The van der Waals surface area contributed by atoms with Crippen LogP contribution in [0, 0.1) is 13.8 Å². The van der Waals surface area contributed by atoms with Crippen molar-refractivity contribution in [3.63, 3.8) is 0 Å². The van der Waals surface area contributed by atoms with Crippen LogP contribution in [0.5, 0.6) is 0 Å². The van der Waals surface area contributed by atoms with E-state index in [1.54, 1.807) is 0 Å². The molecule has 0 atom stereocenters. The van der Waals surface area contributed by atoms with Gasteiger partial charge in [-0.15, -0.1) is 0 Å². The number of rotatable bonds is 2. The van der Waals surface area contributed by atoms with Gasteiger partial charge in [0.05, 0.1) is 10.0 Å². The van der Waals surface area contributed by atoms with Crippen LogP contribution in [0.25, 0.3) is 0 Å². The maximum atomic E-state index is 6.02. The van der Waals surface area contributed by atoms with Crippen molar-refractivity contribution < 1.29 is 0 Å². The molecule has 0 fully saturated rings. The van der Waals surface area contributed by atoms with Crippen LogP contribution in [0.15, 0.2) is 30.3 Å². The molecule has 0 amide bonds. The zero-order valence-corrected chi connectivity index (χ0v) is 11.9. The summed E-state index contributed by atoms with van der Waals surface area (Å²) in [4.78, 5) is 0. The Labute approximate surface area is 118 Å². The first kappa shape index (κ1) is 13.3. The Balaban J connectivity index is 2.34. The highest BCUT2D eigenvalue weighted by atomic mass is 35.5. The van der Waals surface area contributed by atoms with Crippen LogP contribution >= 0.6 is 23.2 Å². The number of nitrogens with two attached hydrogens (primary N) is 1. The zero-order chi connectivity index (χ0) is 13.3. The summed E-state index contributed by atoms with van der Waals surface area (Å²) in [6.45, 7) is 4.09. The third-order valence-electron chi connectivity index (χ3n) is 3.10. The number of hydrogen-bond donors (Lipinski definition) is 1. The van der Waals surface area contributed by atoms with E-state index >= 15 is 0 Å². The highest BCUT2D eigenvalue weighted by Gasteiger charge is 2.05. The highest BCUT2D eigenvalue weighted by molar-refractivity contribution is 6.42. The first-order chi connectivity index (χ1) is 8.47. The fourth-order valence-corrected chi connectivity index (χ4v) is 2.28. The minimum Gasteiger partial charge on any atom is -0.399 e. The molecule has 0 saturated heterocycles. The summed E-state index contributed by atoms with van der Waals surface area (Å²) in [5.74, 6) is 0. The van der Waals surface area contributed by atoms with Crippen LogP contribution in [0.1, 0.15) is 22.3 Å². The van der Waals surface area contributed by atoms with Gasteiger partial charge >= 0.3 is 0 Å². The summed E-state index contributed by atoms with van der Waals surface area (Å²) in [6, 6.07) is 9.89. The van der Waals surface area contributed by atoms with Crippen molar-refractivity contribution in [3.8, 4) is 0 Å². The summed E-state index contributed by atoms with van der Waals surface area (Å²) in [6.07, 6.45) is 0.837. The van der Waals surface area contributed by atoms with Gasteiger partial charge in [-0.2, -0.15) is 0 Å². The fraction of sp³-hybridized carbons (Fsp3) is 0.200. The average Bonchev–Trinajstić information content (AvgIpc) is 2.31. The largest absolute Gasteiger partial charge is 0.399 e. The number of hydrogen-bond acceptors (Lipinski definition) is 1. The number of halogens is 2. The smallest absolute Gasteiger partial charge is 0.0595 e. The van der Waals surface area contributed by atoms with Crippen LogP contribution in [0.4, 0.5) is 5.69 Å². The van der Waals surface area contributed by atoms with E-state index < -0.39 is 0 Å². The Morgan fingerprint density at radius 3 is 2.33 bits per heavy atom. The molecule has 0 spiro atoms. The molecule has 94 valence electrons. The van der Waals surface area contributed by atoms with Gasteiger partial charge in [-0.05, 0) is 60.7 Å². The summed E-state index contributed by atoms with van der Waals surface area (Å²) < 4.78 is 0. The van der Waals surface area contributed by atoms with Crippen LogP contribution in [-0.2, 0) is 6.42 Å². The Bertz CT molecular complexity index is 591. The third kappa shape index (κ3) is 2.80. The first-order valence-corrected chi connectivity index (χ1v) is 6.52. The first-order valence-electron chi connectivity index (χ1n) is 5.77. The van der Waals surface area contributed by atoms with Crippen molar-refractivity contribution >= 4 is 28.9 Å². The molecule has 0 unspecified atom stereocenters. The van der Waals surface area contributed by atoms with Gasteiger partial charge in [-0.1, -0.05) is 35.3 Å². The molecule has 0 aliphatic rings. The molecule has 0 aliphatic carbocycles. The van der Waals surface area contributed by atoms with E-state index in [2.05, 4.69) is 13.0 Å². The van der Waals surface area contributed by atoms with Crippen molar-refractivity contribution in [3.05, 3.63) is 62.6 Å². The molecule has 2 aromatic rings. The second-order valence-corrected chi connectivity index (χ2v) is 5.37. The second kappa shape index (κ2) is 5.21. The second-order valence-electron chi connectivity index (χ2n) is 4.56. The van der Waals surface area contributed by atoms with E-state index in [1.807, 2.05) is 31.2 Å². The molecule has 0 aliphatic heterocycles. The van der Waals surface area contributed by atoms with Gasteiger partial charge in [-0.25, -0.2) is 0 Å². The van der Waals surface area contributed by atoms with Crippen molar-refractivity contribution in [2.24, 2.45) is 0 Å². The van der Waals surface area contributed by atoms with Crippen LogP contribution in [-0.4, -0.2) is 0 Å². The van der Waals surface area contributed by atoms with Crippen LogP contribution < -0.4 is 5.73 Å². The third-order valence-corrected chi connectivity index (χ3v) is 3.84. The van der Waals surface area contributed by atoms with E-state index in [0.29, 0.717) is 10.0 Å². The van der Waals surface area contributed by atoms with Gasteiger partial charge in [0, 0.05) is 5.69 Å². The molecule has 3 heteroatoms. The maximum Gasteiger partial charge on any atom is 0.0595 e. The zero-order valence-electron chi connectivity index (χ0n) is 10.4. The molecular formula is C15H15Cl2N. The topological polar surface area (TPSA) is 26.0 Å². The Hall–Kier alpha value is -1.18. The Morgan fingerprint density at radius 1 is 0.944 bits per heavy atom. The monoisotopic (exact) mass is 279 g/mol. The summed E-state index contributed by atoms with van der Waals surface area (Å²) >= 11 is 11.9. The lowest BCUT2D eigenvalue weighted by Gasteiger charge is -2.10. The van der Waals surface area contributed by atoms with Crippen molar-refractivity contribution in [1.29, 1.82) is 0 Å². The van der Waals surface area contributed by atoms with Gasteiger partial charge < -0.3 is 5.73 Å². The summed E-state index contributed by atoms with van der Waals surface area (Å²) in [7, 11) is 0. The molecular weight excluding hydrogens is 265 g/mol. The molecule has 1 nitrogen and oxygen atoms in total. The van der Waals surface area contributed by atoms with Crippen LogP contribution in [0.3, 0.4) is 0 Å². The molecule has 0 bridgehead atoms.